The monoisotopic (exact) mass is 214 g/mol. The first-order chi connectivity index (χ1) is 6.61. The van der Waals surface area contributed by atoms with E-state index in [0.29, 0.717) is 6.61 Å². The van der Waals surface area contributed by atoms with E-state index >= 15 is 0 Å². The van der Waals surface area contributed by atoms with E-state index in [0.717, 1.165) is 0 Å². The molecule has 0 radical (unpaired) electrons. The standard InChI is InChI=1S/C10H11ClO3/c1-5(12)14-4-6-2-3-7-8(6)10(13)9(7)11/h2-3,6-9H,4H2,1H3/t6-,7+,8-,9+/m1/s1. The van der Waals surface area contributed by atoms with Gasteiger partial charge in [0.05, 0.1) is 12.0 Å². The van der Waals surface area contributed by atoms with Gasteiger partial charge < -0.3 is 4.74 Å². The lowest BCUT2D eigenvalue weighted by Gasteiger charge is -2.36. The van der Waals surface area contributed by atoms with E-state index in [9.17, 15) is 9.59 Å². The number of hydrogen-bond donors (Lipinski definition) is 0. The molecule has 4 heteroatoms. The maximum atomic E-state index is 11.4. The first-order valence-corrected chi connectivity index (χ1v) is 5.04. The highest BCUT2D eigenvalue weighted by atomic mass is 35.5. The molecule has 14 heavy (non-hydrogen) atoms. The Hall–Kier alpha value is -0.830. The van der Waals surface area contributed by atoms with E-state index in [4.69, 9.17) is 16.3 Å². The quantitative estimate of drug-likeness (QED) is 0.394. The molecule has 1 fully saturated rings. The number of halogens is 1. The molecule has 0 aromatic heterocycles. The second kappa shape index (κ2) is 3.39. The molecule has 76 valence electrons. The molecular formula is C10H11ClO3. The van der Waals surface area contributed by atoms with Crippen molar-refractivity contribution in [1.82, 2.24) is 0 Å². The predicted molar refractivity (Wildman–Crippen MR) is 50.9 cm³/mol. The fourth-order valence-corrected chi connectivity index (χ4v) is 2.49. The molecule has 0 amide bonds. The van der Waals surface area contributed by atoms with Gasteiger partial charge in [-0.1, -0.05) is 12.2 Å². The van der Waals surface area contributed by atoms with E-state index in [-0.39, 0.29) is 34.9 Å². The predicted octanol–water partition coefficient (Wildman–Crippen LogP) is 1.16. The lowest BCUT2D eigenvalue weighted by atomic mass is 9.70. The molecule has 0 aliphatic heterocycles. The maximum Gasteiger partial charge on any atom is 0.302 e. The van der Waals surface area contributed by atoms with Crippen molar-refractivity contribution in [2.75, 3.05) is 6.61 Å². The van der Waals surface area contributed by atoms with Crippen LogP contribution in [0.2, 0.25) is 0 Å². The average molecular weight is 215 g/mol. The Balaban J connectivity index is 1.94. The number of carbonyl (C=O) groups excluding carboxylic acids is 2. The van der Waals surface area contributed by atoms with E-state index in [1.165, 1.54) is 6.92 Å². The number of fused-ring (bicyclic) bond motifs is 1. The number of Topliss-reactive ketones (excluding diaryl/α,β-unsaturated/α-hetero) is 1. The van der Waals surface area contributed by atoms with Gasteiger partial charge in [0.15, 0.2) is 5.78 Å². The molecule has 0 spiro atoms. The summed E-state index contributed by atoms with van der Waals surface area (Å²) in [5.41, 5.74) is 0. The highest BCUT2D eigenvalue weighted by molar-refractivity contribution is 6.34. The summed E-state index contributed by atoms with van der Waals surface area (Å²) in [6.07, 6.45) is 3.89. The van der Waals surface area contributed by atoms with Gasteiger partial charge in [-0.2, -0.15) is 0 Å². The van der Waals surface area contributed by atoms with Gasteiger partial charge >= 0.3 is 5.97 Å². The summed E-state index contributed by atoms with van der Waals surface area (Å²) in [6, 6.07) is 0. The zero-order chi connectivity index (χ0) is 10.3. The summed E-state index contributed by atoms with van der Waals surface area (Å²) >= 11 is 5.82. The van der Waals surface area contributed by atoms with Crippen LogP contribution in [0.5, 0.6) is 0 Å². The van der Waals surface area contributed by atoms with Crippen LogP contribution >= 0.6 is 11.6 Å². The smallest absolute Gasteiger partial charge is 0.302 e. The number of allylic oxidation sites excluding steroid dienone is 1. The summed E-state index contributed by atoms with van der Waals surface area (Å²) in [5.74, 6) is -0.0807. The normalized spacial score (nSPS) is 39.1. The van der Waals surface area contributed by atoms with Gasteiger partial charge in [-0.25, -0.2) is 0 Å². The van der Waals surface area contributed by atoms with Crippen molar-refractivity contribution < 1.29 is 14.3 Å². The Labute approximate surface area is 87.1 Å². The Morgan fingerprint density at radius 2 is 2.29 bits per heavy atom. The van der Waals surface area contributed by atoms with E-state index in [2.05, 4.69) is 0 Å². The van der Waals surface area contributed by atoms with Crippen molar-refractivity contribution in [3.05, 3.63) is 12.2 Å². The molecule has 0 aromatic rings. The van der Waals surface area contributed by atoms with Crippen molar-refractivity contribution in [3.8, 4) is 0 Å². The van der Waals surface area contributed by atoms with Crippen LogP contribution in [0.25, 0.3) is 0 Å². The van der Waals surface area contributed by atoms with Crippen LogP contribution < -0.4 is 0 Å². The molecular weight excluding hydrogens is 204 g/mol. The molecule has 0 bridgehead atoms. The number of alkyl halides is 1. The third-order valence-corrected chi connectivity index (χ3v) is 3.38. The van der Waals surface area contributed by atoms with Crippen molar-refractivity contribution in [2.24, 2.45) is 17.8 Å². The summed E-state index contributed by atoms with van der Waals surface area (Å²) < 4.78 is 4.88. The third-order valence-electron chi connectivity index (χ3n) is 2.87. The topological polar surface area (TPSA) is 43.4 Å². The Morgan fingerprint density at radius 1 is 1.57 bits per heavy atom. The van der Waals surface area contributed by atoms with Gasteiger partial charge in [-0.15, -0.1) is 11.6 Å². The molecule has 0 N–H and O–H groups in total. The van der Waals surface area contributed by atoms with Gasteiger partial charge in [0.2, 0.25) is 0 Å². The number of ether oxygens (including phenoxy) is 1. The van der Waals surface area contributed by atoms with E-state index in [1.807, 2.05) is 12.2 Å². The van der Waals surface area contributed by atoms with Gasteiger partial charge in [0.1, 0.15) is 0 Å². The average Bonchev–Trinajstić information content (AvgIpc) is 2.53. The molecule has 0 unspecified atom stereocenters. The Kier molecular flexibility index (Phi) is 2.35. The number of hydrogen-bond acceptors (Lipinski definition) is 3. The molecule has 1 saturated carbocycles. The molecule has 2 rings (SSSR count). The first kappa shape index (κ1) is 9.71. The zero-order valence-corrected chi connectivity index (χ0v) is 8.53. The largest absolute Gasteiger partial charge is 0.465 e. The highest BCUT2D eigenvalue weighted by Crippen LogP contribution is 2.46. The van der Waals surface area contributed by atoms with Crippen LogP contribution in [0.3, 0.4) is 0 Å². The molecule has 0 saturated heterocycles. The van der Waals surface area contributed by atoms with Crippen molar-refractivity contribution >= 4 is 23.4 Å². The second-order valence-electron chi connectivity index (χ2n) is 3.76. The van der Waals surface area contributed by atoms with Crippen LogP contribution in [-0.2, 0) is 14.3 Å². The summed E-state index contributed by atoms with van der Waals surface area (Å²) in [4.78, 5) is 22.0. The highest BCUT2D eigenvalue weighted by Gasteiger charge is 2.53. The van der Waals surface area contributed by atoms with Crippen molar-refractivity contribution in [1.29, 1.82) is 0 Å². The van der Waals surface area contributed by atoms with Gasteiger partial charge in [-0.3, -0.25) is 9.59 Å². The molecule has 4 atom stereocenters. The first-order valence-electron chi connectivity index (χ1n) is 4.60. The van der Waals surface area contributed by atoms with Crippen LogP contribution in [0, 0.1) is 17.8 Å². The second-order valence-corrected chi connectivity index (χ2v) is 4.23. The maximum absolute atomic E-state index is 11.4. The molecule has 3 nitrogen and oxygen atoms in total. The van der Waals surface area contributed by atoms with Crippen molar-refractivity contribution in [2.45, 2.75) is 12.3 Å². The summed E-state index contributed by atoms with van der Waals surface area (Å²) in [5, 5.41) is -0.362. The number of carbonyl (C=O) groups is 2. The van der Waals surface area contributed by atoms with Crippen LogP contribution in [-0.4, -0.2) is 23.7 Å². The molecule has 2 aliphatic carbocycles. The lowest BCUT2D eigenvalue weighted by molar-refractivity contribution is -0.145. The lowest BCUT2D eigenvalue weighted by Crippen LogP contribution is -2.49. The van der Waals surface area contributed by atoms with Gasteiger partial charge in [0.25, 0.3) is 0 Å². The van der Waals surface area contributed by atoms with Crippen LogP contribution in [0.4, 0.5) is 0 Å². The number of esters is 1. The Morgan fingerprint density at radius 3 is 2.93 bits per heavy atom. The van der Waals surface area contributed by atoms with Gasteiger partial charge in [0, 0.05) is 24.7 Å². The minimum atomic E-state index is -0.362. The minimum Gasteiger partial charge on any atom is -0.465 e. The minimum absolute atomic E-state index is 0.0337. The third kappa shape index (κ3) is 1.36. The molecule has 0 heterocycles. The van der Waals surface area contributed by atoms with Crippen LogP contribution in [0.15, 0.2) is 12.2 Å². The van der Waals surface area contributed by atoms with Crippen LogP contribution in [0.1, 0.15) is 6.92 Å². The van der Waals surface area contributed by atoms with E-state index < -0.39 is 0 Å². The molecule has 2 aliphatic rings. The summed E-state index contributed by atoms with van der Waals surface area (Å²) in [7, 11) is 0. The van der Waals surface area contributed by atoms with E-state index in [1.54, 1.807) is 0 Å². The number of rotatable bonds is 2. The fraction of sp³-hybridized carbons (Fsp3) is 0.600. The summed E-state index contributed by atoms with van der Waals surface area (Å²) in [6.45, 7) is 1.66. The SMILES string of the molecule is CC(=O)OC[C@H]1C=C[C@H]2[C@@H]1C(=O)[C@H]2Cl. The van der Waals surface area contributed by atoms with Crippen molar-refractivity contribution in [3.63, 3.8) is 0 Å². The number of ketones is 1. The zero-order valence-electron chi connectivity index (χ0n) is 7.77. The fourth-order valence-electron chi connectivity index (χ4n) is 2.10. The molecule has 0 aromatic carbocycles. The van der Waals surface area contributed by atoms with Gasteiger partial charge in [-0.05, 0) is 0 Å². The Bertz CT molecular complexity index is 310.